The van der Waals surface area contributed by atoms with Crippen LogP contribution in [0.3, 0.4) is 0 Å². The Bertz CT molecular complexity index is 1260. The lowest BCUT2D eigenvalue weighted by molar-refractivity contribution is -0.150. The van der Waals surface area contributed by atoms with E-state index in [0.29, 0.717) is 11.5 Å². The number of hydrogen-bond acceptors (Lipinski definition) is 9. The Morgan fingerprint density at radius 2 is 1.92 bits per heavy atom. The minimum absolute atomic E-state index is 0.151. The molecule has 9 nitrogen and oxygen atoms in total. The third kappa shape index (κ3) is 5.83. The zero-order chi connectivity index (χ0) is 26.5. The highest BCUT2D eigenvalue weighted by Gasteiger charge is 2.42. The Labute approximate surface area is 223 Å². The number of rotatable bonds is 9. The first-order valence-electron chi connectivity index (χ1n) is 11.5. The van der Waals surface area contributed by atoms with Crippen molar-refractivity contribution >= 4 is 51.9 Å². The van der Waals surface area contributed by atoms with Crippen molar-refractivity contribution in [1.29, 1.82) is 0 Å². The number of methoxy groups -OCH3 is 1. The third-order valence-electron chi connectivity index (χ3n) is 5.87. The topological polar surface area (TPSA) is 109 Å². The van der Waals surface area contributed by atoms with Crippen molar-refractivity contribution in [2.45, 2.75) is 31.8 Å². The van der Waals surface area contributed by atoms with Crippen LogP contribution in [0.4, 0.5) is 0 Å². The largest absolute Gasteiger partial charge is 0.497 e. The van der Waals surface area contributed by atoms with Gasteiger partial charge in [0, 0.05) is 19.0 Å². The molecule has 37 heavy (non-hydrogen) atoms. The first-order chi connectivity index (χ1) is 17.8. The molecule has 0 radical (unpaired) electrons. The first kappa shape index (κ1) is 26.4. The van der Waals surface area contributed by atoms with E-state index in [-0.39, 0.29) is 28.7 Å². The molecule has 11 heteroatoms. The van der Waals surface area contributed by atoms with Crippen LogP contribution in [-0.4, -0.2) is 68.7 Å². The molecular weight excluding hydrogens is 514 g/mol. The highest BCUT2D eigenvalue weighted by Crippen LogP contribution is 2.35. The lowest BCUT2D eigenvalue weighted by Gasteiger charge is -2.25. The summed E-state index contributed by atoms with van der Waals surface area (Å²) in [4.78, 5) is 39.7. The van der Waals surface area contributed by atoms with Gasteiger partial charge in [-0.1, -0.05) is 54.3 Å². The molecule has 0 unspecified atom stereocenters. The Kier molecular flexibility index (Phi) is 8.24. The van der Waals surface area contributed by atoms with Crippen molar-refractivity contribution < 1.29 is 29.0 Å². The Balaban J connectivity index is 1.62. The monoisotopic (exact) mass is 539 g/mol. The summed E-state index contributed by atoms with van der Waals surface area (Å²) < 4.78 is 10.6. The summed E-state index contributed by atoms with van der Waals surface area (Å²) in [5.41, 5.74) is 2.16. The number of thioether (sulfide) groups is 1. The second-order valence-corrected chi connectivity index (χ2v) is 9.88. The Morgan fingerprint density at radius 1 is 1.22 bits per heavy atom. The minimum atomic E-state index is -1.08. The molecule has 2 aromatic carbocycles. The molecule has 0 aliphatic carbocycles. The van der Waals surface area contributed by atoms with Gasteiger partial charge in [-0.05, 0) is 42.3 Å². The molecule has 1 saturated heterocycles. The van der Waals surface area contributed by atoms with Gasteiger partial charge in [-0.2, -0.15) is 5.10 Å². The predicted octanol–water partition coefficient (Wildman–Crippen LogP) is 3.43. The van der Waals surface area contributed by atoms with E-state index in [9.17, 15) is 19.5 Å². The van der Waals surface area contributed by atoms with Crippen LogP contribution in [-0.2, 0) is 25.5 Å². The van der Waals surface area contributed by atoms with Crippen molar-refractivity contribution in [2.24, 2.45) is 5.10 Å². The quantitative estimate of drug-likeness (QED) is 0.291. The van der Waals surface area contributed by atoms with Crippen molar-refractivity contribution in [3.05, 3.63) is 76.8 Å². The Morgan fingerprint density at radius 3 is 2.54 bits per heavy atom. The second-order valence-electron chi connectivity index (χ2n) is 8.21. The summed E-state index contributed by atoms with van der Waals surface area (Å²) in [5.74, 6) is -1.47. The van der Waals surface area contributed by atoms with Gasteiger partial charge in [0.05, 0.1) is 24.3 Å². The zero-order valence-corrected chi connectivity index (χ0v) is 21.8. The molecule has 2 aliphatic rings. The summed E-state index contributed by atoms with van der Waals surface area (Å²) >= 11 is 6.47. The summed E-state index contributed by atoms with van der Waals surface area (Å²) in [6, 6.07) is 14.5. The number of hydrogen-bond donors (Lipinski definition) is 1. The summed E-state index contributed by atoms with van der Waals surface area (Å²) in [5, 5.41) is 15.5. The van der Waals surface area contributed by atoms with Crippen molar-refractivity contribution in [1.82, 2.24) is 9.91 Å². The van der Waals surface area contributed by atoms with Crippen molar-refractivity contribution in [3.8, 4) is 5.75 Å². The standard InChI is InChI=1S/C26H25N3O6S2/c1-3-35-25(33)21(13-16-7-5-4-6-8-16)29-23(30)22(37-26(29)36)15-28-20(24(31)32)14-19(27-28)17-9-11-18(34-2)12-10-17/h4-12,15,20-21H,3,13-14H2,1-2H3,(H,31,32)/b22-15-/t20-,21+/m0/s1. The van der Waals surface area contributed by atoms with Crippen LogP contribution < -0.4 is 4.74 Å². The number of nitrogens with zero attached hydrogens (tertiary/aromatic N) is 3. The van der Waals surface area contributed by atoms with E-state index >= 15 is 0 Å². The molecule has 0 saturated carbocycles. The molecule has 192 valence electrons. The van der Waals surface area contributed by atoms with Gasteiger partial charge in [0.15, 0.2) is 6.04 Å². The van der Waals surface area contributed by atoms with Crippen LogP contribution in [0.15, 0.2) is 70.8 Å². The van der Waals surface area contributed by atoms with Gasteiger partial charge < -0.3 is 14.6 Å². The molecule has 0 aromatic heterocycles. The lowest BCUT2D eigenvalue weighted by Crippen LogP contribution is -2.46. The minimum Gasteiger partial charge on any atom is -0.497 e. The average Bonchev–Trinajstić information content (AvgIpc) is 3.44. The number of benzene rings is 2. The average molecular weight is 540 g/mol. The summed E-state index contributed by atoms with van der Waals surface area (Å²) in [7, 11) is 1.56. The molecule has 2 atom stereocenters. The fourth-order valence-electron chi connectivity index (χ4n) is 4.02. The predicted molar refractivity (Wildman–Crippen MR) is 143 cm³/mol. The van der Waals surface area contributed by atoms with Gasteiger partial charge in [0.2, 0.25) is 0 Å². The zero-order valence-electron chi connectivity index (χ0n) is 20.2. The van der Waals surface area contributed by atoms with Gasteiger partial charge in [-0.15, -0.1) is 0 Å². The number of carboxylic acid groups (broad SMARTS) is 1. The molecule has 1 fully saturated rings. The van der Waals surface area contributed by atoms with E-state index in [1.54, 1.807) is 38.3 Å². The maximum Gasteiger partial charge on any atom is 0.329 e. The number of amides is 1. The maximum absolute atomic E-state index is 13.4. The van der Waals surface area contributed by atoms with E-state index in [0.717, 1.165) is 22.9 Å². The van der Waals surface area contributed by atoms with Crippen LogP contribution in [0.2, 0.25) is 0 Å². The number of ether oxygens (including phenoxy) is 2. The molecule has 2 aromatic rings. The molecule has 0 spiro atoms. The molecule has 4 rings (SSSR count). The van der Waals surface area contributed by atoms with Crippen LogP contribution in [0, 0.1) is 0 Å². The van der Waals surface area contributed by atoms with Gasteiger partial charge in [0.25, 0.3) is 5.91 Å². The number of thiocarbonyl (C=S) groups is 1. The van der Waals surface area contributed by atoms with Crippen LogP contribution in [0.25, 0.3) is 0 Å². The van der Waals surface area contributed by atoms with Crippen LogP contribution >= 0.6 is 24.0 Å². The summed E-state index contributed by atoms with van der Waals surface area (Å²) in [6.45, 7) is 1.85. The SMILES string of the molecule is CCOC(=O)[C@@H](Cc1ccccc1)N1C(=O)/C(=C/N2N=C(c3ccc(OC)cc3)C[C@H]2C(=O)O)SC1=S. The van der Waals surface area contributed by atoms with E-state index in [1.807, 2.05) is 30.3 Å². The molecule has 1 amide bonds. The lowest BCUT2D eigenvalue weighted by atomic mass is 10.0. The Hall–Kier alpha value is -3.70. The van der Waals surface area contributed by atoms with Gasteiger partial charge in [-0.25, -0.2) is 9.59 Å². The van der Waals surface area contributed by atoms with E-state index in [1.165, 1.54) is 16.1 Å². The number of hydrazone groups is 1. The molecule has 2 heterocycles. The fraction of sp³-hybridized carbons (Fsp3) is 0.269. The van der Waals surface area contributed by atoms with Crippen molar-refractivity contribution in [3.63, 3.8) is 0 Å². The molecule has 0 bridgehead atoms. The molecule has 2 aliphatic heterocycles. The van der Waals surface area contributed by atoms with Gasteiger partial charge in [0.1, 0.15) is 16.1 Å². The molecular formula is C26H25N3O6S2. The fourth-order valence-corrected chi connectivity index (χ4v) is 5.34. The van der Waals surface area contributed by atoms with E-state index in [2.05, 4.69) is 5.10 Å². The number of carbonyl (C=O) groups excluding carboxylic acids is 2. The van der Waals surface area contributed by atoms with Gasteiger partial charge in [-0.3, -0.25) is 14.7 Å². The smallest absolute Gasteiger partial charge is 0.329 e. The van der Waals surface area contributed by atoms with Crippen LogP contribution in [0.1, 0.15) is 24.5 Å². The normalized spacial score (nSPS) is 19.2. The second kappa shape index (κ2) is 11.6. The van der Waals surface area contributed by atoms with E-state index in [4.69, 9.17) is 21.7 Å². The maximum atomic E-state index is 13.4. The third-order valence-corrected chi connectivity index (χ3v) is 7.18. The first-order valence-corrected chi connectivity index (χ1v) is 12.8. The van der Waals surface area contributed by atoms with Crippen LogP contribution in [0.5, 0.6) is 5.75 Å². The molecule has 1 N–H and O–H groups in total. The van der Waals surface area contributed by atoms with Gasteiger partial charge >= 0.3 is 11.9 Å². The number of esters is 1. The number of carbonyl (C=O) groups is 3. The number of carboxylic acids is 1. The highest BCUT2D eigenvalue weighted by atomic mass is 32.2. The van der Waals surface area contributed by atoms with E-state index < -0.39 is 29.9 Å². The van der Waals surface area contributed by atoms with Crippen molar-refractivity contribution in [2.75, 3.05) is 13.7 Å². The summed E-state index contributed by atoms with van der Waals surface area (Å²) in [6.07, 6.45) is 1.76. The number of aliphatic carboxylic acids is 1. The highest BCUT2D eigenvalue weighted by molar-refractivity contribution is 8.26.